The minimum atomic E-state index is -0.627. The first-order valence-electron chi connectivity index (χ1n) is 6.74. The summed E-state index contributed by atoms with van der Waals surface area (Å²) in [5, 5.41) is 24.7. The molecule has 0 heterocycles. The zero-order valence-corrected chi connectivity index (χ0v) is 11.1. The second-order valence-electron chi connectivity index (χ2n) is 5.10. The second-order valence-corrected chi connectivity index (χ2v) is 5.10. The van der Waals surface area contributed by atoms with Gasteiger partial charge in [-0.3, -0.25) is 20.2 Å². The van der Waals surface area contributed by atoms with Crippen LogP contribution in [0.4, 0.5) is 17.1 Å². The molecular formula is C13H17N3O4. The highest BCUT2D eigenvalue weighted by atomic mass is 16.6. The van der Waals surface area contributed by atoms with E-state index in [1.807, 2.05) is 0 Å². The third kappa shape index (κ3) is 3.43. The highest BCUT2D eigenvalue weighted by molar-refractivity contribution is 5.65. The van der Waals surface area contributed by atoms with Crippen molar-refractivity contribution in [1.29, 1.82) is 0 Å². The minimum Gasteiger partial charge on any atom is -0.379 e. The molecule has 1 aliphatic carbocycles. The van der Waals surface area contributed by atoms with Crippen molar-refractivity contribution in [2.75, 3.05) is 11.9 Å². The molecule has 1 aromatic rings. The summed E-state index contributed by atoms with van der Waals surface area (Å²) < 4.78 is 0. The van der Waals surface area contributed by atoms with Crippen LogP contribution in [0.2, 0.25) is 0 Å². The van der Waals surface area contributed by atoms with Crippen molar-refractivity contribution in [2.24, 2.45) is 5.92 Å². The largest absolute Gasteiger partial charge is 0.379 e. The minimum absolute atomic E-state index is 0.241. The van der Waals surface area contributed by atoms with E-state index in [9.17, 15) is 20.2 Å². The highest BCUT2D eigenvalue weighted by Crippen LogP contribution is 2.30. The van der Waals surface area contributed by atoms with E-state index in [2.05, 4.69) is 5.32 Å². The molecule has 1 aromatic carbocycles. The molecule has 0 atom stereocenters. The Morgan fingerprint density at radius 1 is 1.10 bits per heavy atom. The van der Waals surface area contributed by atoms with Crippen molar-refractivity contribution in [3.8, 4) is 0 Å². The molecule has 1 fully saturated rings. The maximum Gasteiger partial charge on any atom is 0.299 e. The quantitative estimate of drug-likeness (QED) is 0.657. The van der Waals surface area contributed by atoms with Gasteiger partial charge in [-0.1, -0.05) is 19.3 Å². The standard InChI is InChI=1S/C13H17N3O4/c17-15(18)11-6-7-12(13(8-11)16(19)20)14-9-10-4-2-1-3-5-10/h6-8,10,14H,1-5,9H2. The Hall–Kier alpha value is -2.18. The highest BCUT2D eigenvalue weighted by Gasteiger charge is 2.20. The van der Waals surface area contributed by atoms with Crippen LogP contribution in [0.3, 0.4) is 0 Å². The topological polar surface area (TPSA) is 98.3 Å². The molecule has 7 nitrogen and oxygen atoms in total. The van der Waals surface area contributed by atoms with Gasteiger partial charge in [0.25, 0.3) is 11.4 Å². The number of benzene rings is 1. The molecule has 0 aliphatic heterocycles. The summed E-state index contributed by atoms with van der Waals surface area (Å²) >= 11 is 0. The van der Waals surface area contributed by atoms with E-state index in [0.717, 1.165) is 18.9 Å². The van der Waals surface area contributed by atoms with Crippen molar-refractivity contribution >= 4 is 17.1 Å². The third-order valence-corrected chi connectivity index (χ3v) is 3.69. The summed E-state index contributed by atoms with van der Waals surface area (Å²) in [6.07, 6.45) is 5.93. The zero-order chi connectivity index (χ0) is 14.5. The molecule has 0 bridgehead atoms. The number of hydrogen-bond acceptors (Lipinski definition) is 5. The number of nitrogens with zero attached hydrogens (tertiary/aromatic N) is 2. The fourth-order valence-corrected chi connectivity index (χ4v) is 2.58. The maximum absolute atomic E-state index is 11.0. The molecule has 0 unspecified atom stereocenters. The van der Waals surface area contributed by atoms with Crippen molar-refractivity contribution in [2.45, 2.75) is 32.1 Å². The Kier molecular flexibility index (Phi) is 4.49. The zero-order valence-electron chi connectivity index (χ0n) is 11.1. The van der Waals surface area contributed by atoms with Crippen LogP contribution in [-0.4, -0.2) is 16.4 Å². The predicted molar refractivity (Wildman–Crippen MR) is 74.8 cm³/mol. The molecule has 0 amide bonds. The lowest BCUT2D eigenvalue weighted by Crippen LogP contribution is -2.17. The smallest absolute Gasteiger partial charge is 0.299 e. The van der Waals surface area contributed by atoms with Gasteiger partial charge in [-0.15, -0.1) is 0 Å². The first-order valence-corrected chi connectivity index (χ1v) is 6.74. The summed E-state index contributed by atoms with van der Waals surface area (Å²) in [5.41, 5.74) is -0.152. The van der Waals surface area contributed by atoms with Crippen molar-refractivity contribution in [1.82, 2.24) is 0 Å². The van der Waals surface area contributed by atoms with Gasteiger partial charge in [-0.05, 0) is 24.8 Å². The average Bonchev–Trinajstić information content (AvgIpc) is 2.45. The lowest BCUT2D eigenvalue weighted by molar-refractivity contribution is -0.393. The number of anilines is 1. The van der Waals surface area contributed by atoms with Crippen LogP contribution in [0.15, 0.2) is 18.2 Å². The second kappa shape index (κ2) is 6.31. The summed E-state index contributed by atoms with van der Waals surface area (Å²) in [7, 11) is 0. The first kappa shape index (κ1) is 14.2. The van der Waals surface area contributed by atoms with E-state index >= 15 is 0 Å². The molecule has 0 aromatic heterocycles. The van der Waals surface area contributed by atoms with E-state index in [1.165, 1.54) is 31.4 Å². The Labute approximate surface area is 116 Å². The molecule has 1 N–H and O–H groups in total. The lowest BCUT2D eigenvalue weighted by atomic mass is 9.89. The predicted octanol–water partition coefficient (Wildman–Crippen LogP) is 3.50. The van der Waals surface area contributed by atoms with Gasteiger partial charge in [0.05, 0.1) is 15.9 Å². The Bertz CT molecular complexity index is 512. The van der Waals surface area contributed by atoms with Crippen LogP contribution in [0, 0.1) is 26.1 Å². The fraction of sp³-hybridized carbons (Fsp3) is 0.538. The molecular weight excluding hydrogens is 262 g/mol. The summed E-state index contributed by atoms with van der Waals surface area (Å²) in [4.78, 5) is 20.4. The number of hydrogen-bond donors (Lipinski definition) is 1. The molecule has 0 spiro atoms. The van der Waals surface area contributed by atoms with E-state index < -0.39 is 9.85 Å². The molecule has 20 heavy (non-hydrogen) atoms. The van der Waals surface area contributed by atoms with Gasteiger partial charge in [0.15, 0.2) is 0 Å². The molecule has 108 valence electrons. The fourth-order valence-electron chi connectivity index (χ4n) is 2.58. The molecule has 7 heteroatoms. The van der Waals surface area contributed by atoms with Gasteiger partial charge in [0.1, 0.15) is 5.69 Å². The molecule has 2 rings (SSSR count). The van der Waals surface area contributed by atoms with Crippen LogP contribution in [-0.2, 0) is 0 Å². The number of nitro groups is 2. The van der Waals surface area contributed by atoms with Gasteiger partial charge >= 0.3 is 0 Å². The normalized spacial score (nSPS) is 15.8. The number of nitro benzene ring substituents is 2. The Balaban J connectivity index is 2.09. The molecule has 0 radical (unpaired) electrons. The van der Waals surface area contributed by atoms with Crippen molar-refractivity contribution in [3.05, 3.63) is 38.4 Å². The SMILES string of the molecule is O=[N+]([O-])c1ccc(NCC2CCCCC2)c([N+](=O)[O-])c1. The number of non-ortho nitro benzene ring substituents is 1. The van der Waals surface area contributed by atoms with Crippen LogP contribution in [0.1, 0.15) is 32.1 Å². The van der Waals surface area contributed by atoms with E-state index in [0.29, 0.717) is 18.2 Å². The monoisotopic (exact) mass is 279 g/mol. The first-order chi connectivity index (χ1) is 9.58. The number of rotatable bonds is 5. The van der Waals surface area contributed by atoms with Gasteiger partial charge in [-0.2, -0.15) is 0 Å². The van der Waals surface area contributed by atoms with E-state index in [-0.39, 0.29) is 11.4 Å². The van der Waals surface area contributed by atoms with E-state index in [1.54, 1.807) is 0 Å². The van der Waals surface area contributed by atoms with E-state index in [4.69, 9.17) is 0 Å². The van der Waals surface area contributed by atoms with Crippen LogP contribution < -0.4 is 5.32 Å². The van der Waals surface area contributed by atoms with Crippen molar-refractivity contribution < 1.29 is 9.85 Å². The summed E-state index contributed by atoms with van der Waals surface area (Å²) in [6.45, 7) is 0.679. The molecule has 0 saturated heterocycles. The average molecular weight is 279 g/mol. The summed E-state index contributed by atoms with van der Waals surface area (Å²) in [6, 6.07) is 3.71. The van der Waals surface area contributed by atoms with Gasteiger partial charge in [0, 0.05) is 12.6 Å². The van der Waals surface area contributed by atoms with Crippen molar-refractivity contribution in [3.63, 3.8) is 0 Å². The van der Waals surface area contributed by atoms with Gasteiger partial charge in [-0.25, -0.2) is 0 Å². The number of nitrogens with one attached hydrogen (secondary N) is 1. The lowest BCUT2D eigenvalue weighted by Gasteiger charge is -2.22. The maximum atomic E-state index is 11.0. The summed E-state index contributed by atoms with van der Waals surface area (Å²) in [5.74, 6) is 0.526. The van der Waals surface area contributed by atoms with Gasteiger partial charge in [0.2, 0.25) is 0 Å². The Morgan fingerprint density at radius 2 is 1.80 bits per heavy atom. The van der Waals surface area contributed by atoms with Crippen LogP contribution in [0.5, 0.6) is 0 Å². The van der Waals surface area contributed by atoms with Gasteiger partial charge < -0.3 is 5.32 Å². The van der Waals surface area contributed by atoms with Crippen LogP contribution in [0.25, 0.3) is 0 Å². The molecule has 1 aliphatic rings. The molecule has 1 saturated carbocycles. The third-order valence-electron chi connectivity index (χ3n) is 3.69. The Morgan fingerprint density at radius 3 is 2.40 bits per heavy atom. The van der Waals surface area contributed by atoms with Crippen LogP contribution >= 0.6 is 0 Å².